The highest BCUT2D eigenvalue weighted by Gasteiger charge is 2.51. The summed E-state index contributed by atoms with van der Waals surface area (Å²) in [5.74, 6) is 4.89. The number of carbonyl (C=O) groups excluding carboxylic acids is 1. The maximum atomic E-state index is 11.2. The van der Waals surface area contributed by atoms with Crippen molar-refractivity contribution in [2.24, 2.45) is 0 Å². The molecule has 1 aromatic carbocycles. The maximum absolute atomic E-state index is 11.2. The molecule has 0 unspecified atom stereocenters. The van der Waals surface area contributed by atoms with Gasteiger partial charge in [0.1, 0.15) is 0 Å². The Morgan fingerprint density at radius 1 is 1.32 bits per heavy atom. The van der Waals surface area contributed by atoms with Gasteiger partial charge >= 0.3 is 5.97 Å². The topological polar surface area (TPSA) is 66.4 Å². The van der Waals surface area contributed by atoms with Crippen molar-refractivity contribution in [1.29, 1.82) is 0 Å². The molecule has 1 amide bonds. The van der Waals surface area contributed by atoms with E-state index in [2.05, 4.69) is 17.2 Å². The number of amides is 1. The minimum Gasteiger partial charge on any atom is -0.481 e. The van der Waals surface area contributed by atoms with E-state index < -0.39 is 11.4 Å². The summed E-state index contributed by atoms with van der Waals surface area (Å²) in [5, 5.41) is 11.8. The molecule has 0 heterocycles. The molecule has 19 heavy (non-hydrogen) atoms. The van der Waals surface area contributed by atoms with Gasteiger partial charge in [0.2, 0.25) is 5.91 Å². The predicted molar refractivity (Wildman–Crippen MR) is 70.6 cm³/mol. The first-order valence-corrected chi connectivity index (χ1v) is 6.12. The van der Waals surface area contributed by atoms with Gasteiger partial charge in [0.05, 0.1) is 12.0 Å². The van der Waals surface area contributed by atoms with Crippen LogP contribution in [0.2, 0.25) is 0 Å². The van der Waals surface area contributed by atoms with Crippen LogP contribution in [-0.4, -0.2) is 23.5 Å². The van der Waals surface area contributed by atoms with Crippen LogP contribution in [0, 0.1) is 11.8 Å². The van der Waals surface area contributed by atoms with Crippen molar-refractivity contribution in [2.45, 2.75) is 25.2 Å². The largest absolute Gasteiger partial charge is 0.481 e. The first-order valence-electron chi connectivity index (χ1n) is 6.12. The van der Waals surface area contributed by atoms with E-state index in [1.54, 1.807) is 0 Å². The van der Waals surface area contributed by atoms with Gasteiger partial charge in [-0.25, -0.2) is 0 Å². The van der Waals surface area contributed by atoms with Crippen molar-refractivity contribution in [1.82, 2.24) is 5.32 Å². The maximum Gasteiger partial charge on any atom is 0.314 e. The van der Waals surface area contributed by atoms with Gasteiger partial charge in [-0.15, -0.1) is 0 Å². The minimum atomic E-state index is -0.753. The van der Waals surface area contributed by atoms with Crippen LogP contribution in [0.15, 0.2) is 24.3 Å². The molecule has 0 saturated heterocycles. The van der Waals surface area contributed by atoms with Gasteiger partial charge in [0, 0.05) is 12.5 Å². The molecule has 0 bridgehead atoms. The zero-order chi connectivity index (χ0) is 13.9. The molecule has 4 nitrogen and oxygen atoms in total. The normalized spacial score (nSPS) is 15.0. The summed E-state index contributed by atoms with van der Waals surface area (Å²) in [5.41, 5.74) is 0.991. The zero-order valence-corrected chi connectivity index (χ0v) is 10.7. The summed E-state index contributed by atoms with van der Waals surface area (Å²) in [4.78, 5) is 21.8. The first-order chi connectivity index (χ1) is 9.04. The second-order valence-electron chi connectivity index (χ2n) is 4.68. The van der Waals surface area contributed by atoms with E-state index in [1.807, 2.05) is 24.3 Å². The monoisotopic (exact) mass is 257 g/mol. The molecular weight excluding hydrogens is 242 g/mol. The summed E-state index contributed by atoms with van der Waals surface area (Å²) < 4.78 is 0. The van der Waals surface area contributed by atoms with E-state index in [9.17, 15) is 14.7 Å². The Kier molecular flexibility index (Phi) is 3.57. The van der Waals surface area contributed by atoms with E-state index in [4.69, 9.17) is 0 Å². The second kappa shape index (κ2) is 5.15. The molecule has 1 aliphatic rings. The van der Waals surface area contributed by atoms with Crippen LogP contribution in [0.4, 0.5) is 0 Å². The smallest absolute Gasteiger partial charge is 0.314 e. The van der Waals surface area contributed by atoms with Crippen LogP contribution in [0.3, 0.4) is 0 Å². The Balaban J connectivity index is 2.03. The summed E-state index contributed by atoms with van der Waals surface area (Å²) in [7, 11) is 0. The molecule has 2 rings (SSSR count). The summed E-state index contributed by atoms with van der Waals surface area (Å²) in [6.07, 6.45) is 1.41. The third-order valence-electron chi connectivity index (χ3n) is 3.26. The van der Waals surface area contributed by atoms with E-state index >= 15 is 0 Å². The lowest BCUT2D eigenvalue weighted by Gasteiger charge is -2.09. The van der Waals surface area contributed by atoms with Crippen LogP contribution < -0.4 is 5.32 Å². The van der Waals surface area contributed by atoms with Crippen LogP contribution in [0.25, 0.3) is 0 Å². The summed E-state index contributed by atoms with van der Waals surface area (Å²) >= 11 is 0. The minimum absolute atomic E-state index is 0.109. The van der Waals surface area contributed by atoms with Crippen molar-refractivity contribution in [3.63, 3.8) is 0 Å². The number of aliphatic carboxylic acids is 1. The van der Waals surface area contributed by atoms with Crippen molar-refractivity contribution in [3.8, 4) is 11.8 Å². The number of carboxylic acid groups (broad SMARTS) is 1. The zero-order valence-electron chi connectivity index (χ0n) is 10.7. The number of rotatable bonds is 3. The average molecular weight is 257 g/mol. The molecule has 0 aliphatic heterocycles. The number of carbonyl (C=O) groups is 2. The van der Waals surface area contributed by atoms with Crippen LogP contribution in [-0.2, 0) is 15.0 Å². The van der Waals surface area contributed by atoms with Crippen molar-refractivity contribution < 1.29 is 14.7 Å². The van der Waals surface area contributed by atoms with Crippen molar-refractivity contribution in [3.05, 3.63) is 35.4 Å². The summed E-state index contributed by atoms with van der Waals surface area (Å²) in [6.45, 7) is 1.76. The van der Waals surface area contributed by atoms with Gasteiger partial charge in [-0.05, 0) is 30.5 Å². The lowest BCUT2D eigenvalue weighted by Crippen LogP contribution is -2.19. The number of nitrogens with one attached hydrogen (secondary N) is 1. The fourth-order valence-corrected chi connectivity index (χ4v) is 1.94. The quantitative estimate of drug-likeness (QED) is 0.802. The molecule has 1 fully saturated rings. The van der Waals surface area contributed by atoms with Crippen LogP contribution >= 0.6 is 0 Å². The predicted octanol–water partition coefficient (Wildman–Crippen LogP) is 1.29. The van der Waals surface area contributed by atoms with Crippen molar-refractivity contribution in [2.75, 3.05) is 6.54 Å². The first kappa shape index (κ1) is 13.2. The van der Waals surface area contributed by atoms with Gasteiger partial charge < -0.3 is 10.4 Å². The third kappa shape index (κ3) is 2.94. The van der Waals surface area contributed by atoms with Gasteiger partial charge in [0.15, 0.2) is 0 Å². The van der Waals surface area contributed by atoms with E-state index in [0.29, 0.717) is 19.4 Å². The molecule has 98 valence electrons. The van der Waals surface area contributed by atoms with Crippen LogP contribution in [0.5, 0.6) is 0 Å². The standard InChI is InChI=1S/C15H15NO3/c1-11(17)16-10-2-3-12-4-6-13(7-5-12)15(8-9-15)14(18)19/h4-7H,8-10H2,1H3,(H,16,17)(H,18,19). The molecule has 0 aromatic heterocycles. The van der Waals surface area contributed by atoms with E-state index in [-0.39, 0.29) is 5.91 Å². The Bertz CT molecular complexity index is 559. The Morgan fingerprint density at radius 2 is 1.95 bits per heavy atom. The highest BCUT2D eigenvalue weighted by Crippen LogP contribution is 2.48. The average Bonchev–Trinajstić information content (AvgIpc) is 3.16. The molecule has 0 radical (unpaired) electrons. The third-order valence-corrected chi connectivity index (χ3v) is 3.26. The molecule has 1 aliphatic carbocycles. The van der Waals surface area contributed by atoms with Crippen molar-refractivity contribution >= 4 is 11.9 Å². The van der Waals surface area contributed by atoms with Gasteiger partial charge in [-0.3, -0.25) is 9.59 Å². The van der Waals surface area contributed by atoms with Gasteiger partial charge in [0.25, 0.3) is 0 Å². The highest BCUT2D eigenvalue weighted by atomic mass is 16.4. The Hall–Kier alpha value is -2.28. The molecule has 2 N–H and O–H groups in total. The Labute approximate surface area is 111 Å². The van der Waals surface area contributed by atoms with Gasteiger partial charge in [-0.1, -0.05) is 24.0 Å². The van der Waals surface area contributed by atoms with Crippen LogP contribution in [0.1, 0.15) is 30.9 Å². The second-order valence-corrected chi connectivity index (χ2v) is 4.68. The number of carboxylic acids is 1. The Morgan fingerprint density at radius 3 is 2.42 bits per heavy atom. The lowest BCUT2D eigenvalue weighted by molar-refractivity contribution is -0.140. The number of benzene rings is 1. The van der Waals surface area contributed by atoms with E-state index in [0.717, 1.165) is 11.1 Å². The van der Waals surface area contributed by atoms with E-state index in [1.165, 1.54) is 6.92 Å². The molecule has 0 spiro atoms. The SMILES string of the molecule is CC(=O)NCC#Cc1ccc(C2(C(=O)O)CC2)cc1. The molecule has 1 aromatic rings. The molecule has 0 atom stereocenters. The lowest BCUT2D eigenvalue weighted by atomic mass is 9.95. The highest BCUT2D eigenvalue weighted by molar-refractivity contribution is 5.84. The summed E-state index contributed by atoms with van der Waals surface area (Å²) in [6, 6.07) is 7.28. The molecule has 4 heteroatoms. The number of hydrogen-bond acceptors (Lipinski definition) is 2. The fourth-order valence-electron chi connectivity index (χ4n) is 1.94. The number of hydrogen-bond donors (Lipinski definition) is 2. The van der Waals surface area contributed by atoms with Gasteiger partial charge in [-0.2, -0.15) is 0 Å². The fraction of sp³-hybridized carbons (Fsp3) is 0.333. The molecular formula is C15H15NO3. The molecule has 1 saturated carbocycles.